The van der Waals surface area contributed by atoms with Crippen molar-refractivity contribution in [3.05, 3.63) is 35.1 Å². The Morgan fingerprint density at radius 2 is 1.95 bits per heavy atom. The molecule has 1 aliphatic rings. The van der Waals surface area contributed by atoms with E-state index in [-0.39, 0.29) is 25.6 Å². The molecule has 0 aromatic heterocycles. The molecule has 0 spiro atoms. The number of carbonyl (C=O) groups is 2. The molecule has 0 aliphatic carbocycles. The minimum atomic E-state index is -4.86. The summed E-state index contributed by atoms with van der Waals surface area (Å²) in [5.74, 6) is -3.92. The zero-order valence-electron chi connectivity index (χ0n) is 10.7. The van der Waals surface area contributed by atoms with Gasteiger partial charge in [-0.2, -0.15) is 13.2 Å². The summed E-state index contributed by atoms with van der Waals surface area (Å²) in [6.07, 6.45) is -4.68. The van der Waals surface area contributed by atoms with Gasteiger partial charge in [-0.1, -0.05) is 0 Å². The number of amides is 1. The molecule has 0 saturated carbocycles. The Morgan fingerprint density at radius 1 is 1.29 bits per heavy atom. The first-order valence-corrected chi connectivity index (χ1v) is 6.09. The van der Waals surface area contributed by atoms with Crippen LogP contribution in [0.3, 0.4) is 0 Å². The molecule has 0 bridgehead atoms. The van der Waals surface area contributed by atoms with E-state index in [1.165, 1.54) is 0 Å². The van der Waals surface area contributed by atoms with Crippen LogP contribution in [-0.4, -0.2) is 35.0 Å². The number of alkyl halides is 3. The van der Waals surface area contributed by atoms with Gasteiger partial charge in [0.1, 0.15) is 5.82 Å². The van der Waals surface area contributed by atoms with E-state index in [0.717, 1.165) is 17.0 Å². The summed E-state index contributed by atoms with van der Waals surface area (Å²) in [4.78, 5) is 24.0. The third-order valence-corrected chi connectivity index (χ3v) is 3.34. The first-order valence-electron chi connectivity index (χ1n) is 6.09. The van der Waals surface area contributed by atoms with Gasteiger partial charge in [-0.25, -0.2) is 4.39 Å². The fraction of sp³-hybridized carbons (Fsp3) is 0.385. The largest absolute Gasteiger partial charge is 0.481 e. The number of carboxylic acids is 1. The Hall–Kier alpha value is -2.12. The zero-order chi connectivity index (χ0) is 15.8. The molecule has 21 heavy (non-hydrogen) atoms. The number of carbonyl (C=O) groups excluding carboxylic acids is 1. The molecule has 4 nitrogen and oxygen atoms in total. The Balaban J connectivity index is 2.30. The van der Waals surface area contributed by atoms with Gasteiger partial charge in [-0.3, -0.25) is 9.59 Å². The first-order chi connectivity index (χ1) is 9.70. The van der Waals surface area contributed by atoms with Crippen LogP contribution >= 0.6 is 0 Å². The fourth-order valence-electron chi connectivity index (χ4n) is 2.25. The first kappa shape index (κ1) is 15.3. The lowest BCUT2D eigenvalue weighted by atomic mass is 10.1. The van der Waals surface area contributed by atoms with Crippen molar-refractivity contribution in [2.24, 2.45) is 5.92 Å². The van der Waals surface area contributed by atoms with Gasteiger partial charge in [0.15, 0.2) is 0 Å². The van der Waals surface area contributed by atoms with Crippen LogP contribution in [0.2, 0.25) is 0 Å². The summed E-state index contributed by atoms with van der Waals surface area (Å²) >= 11 is 0. The summed E-state index contributed by atoms with van der Waals surface area (Å²) in [7, 11) is 0. The second-order valence-electron chi connectivity index (χ2n) is 4.76. The van der Waals surface area contributed by atoms with Crippen LogP contribution in [0.1, 0.15) is 22.3 Å². The van der Waals surface area contributed by atoms with E-state index in [9.17, 15) is 27.2 Å². The average Bonchev–Trinajstić information content (AvgIpc) is 2.86. The maximum atomic E-state index is 13.0. The van der Waals surface area contributed by atoms with E-state index >= 15 is 0 Å². The van der Waals surface area contributed by atoms with E-state index in [1.807, 2.05) is 0 Å². The van der Waals surface area contributed by atoms with Gasteiger partial charge in [0.25, 0.3) is 5.91 Å². The number of nitrogens with zero attached hydrogens (tertiary/aromatic N) is 1. The standard InChI is InChI=1S/C13H11F4NO3/c14-8-1-2-9(10(5-8)13(15,16)17)11(19)18-4-3-7(6-18)12(20)21/h1-2,5,7H,3-4,6H2,(H,20,21)/t7-/m1/s1. The van der Waals surface area contributed by atoms with Crippen LogP contribution in [0.4, 0.5) is 17.6 Å². The second-order valence-corrected chi connectivity index (χ2v) is 4.76. The van der Waals surface area contributed by atoms with Crippen molar-refractivity contribution < 1.29 is 32.3 Å². The Kier molecular flexibility index (Phi) is 3.89. The summed E-state index contributed by atoms with van der Waals surface area (Å²) in [5, 5.41) is 8.84. The Morgan fingerprint density at radius 3 is 2.48 bits per heavy atom. The van der Waals surface area contributed by atoms with Crippen LogP contribution < -0.4 is 0 Å². The van der Waals surface area contributed by atoms with Gasteiger partial charge in [0.05, 0.1) is 17.0 Å². The van der Waals surface area contributed by atoms with Gasteiger partial charge in [-0.15, -0.1) is 0 Å². The number of hydrogen-bond donors (Lipinski definition) is 1. The van der Waals surface area contributed by atoms with Gasteiger partial charge < -0.3 is 10.0 Å². The normalized spacial score (nSPS) is 18.9. The van der Waals surface area contributed by atoms with Crippen molar-refractivity contribution in [3.63, 3.8) is 0 Å². The van der Waals surface area contributed by atoms with E-state index in [4.69, 9.17) is 5.11 Å². The smallest absolute Gasteiger partial charge is 0.417 e. The number of likely N-dealkylation sites (tertiary alicyclic amines) is 1. The number of halogens is 4. The van der Waals surface area contributed by atoms with Gasteiger partial charge in [0, 0.05) is 13.1 Å². The monoisotopic (exact) mass is 305 g/mol. The van der Waals surface area contributed by atoms with Crippen LogP contribution in [0.15, 0.2) is 18.2 Å². The molecule has 1 fully saturated rings. The molecule has 8 heteroatoms. The summed E-state index contributed by atoms with van der Waals surface area (Å²) < 4.78 is 51.5. The molecule has 0 unspecified atom stereocenters. The molecule has 1 N–H and O–H groups in total. The van der Waals surface area contributed by atoms with Crippen molar-refractivity contribution in [2.75, 3.05) is 13.1 Å². The highest BCUT2D eigenvalue weighted by Gasteiger charge is 2.38. The minimum absolute atomic E-state index is 0.0600. The molecular weight excluding hydrogens is 294 g/mol. The van der Waals surface area contributed by atoms with Crippen LogP contribution in [-0.2, 0) is 11.0 Å². The molecule has 1 aromatic carbocycles. The Labute approximate surface area is 117 Å². The molecule has 1 amide bonds. The number of carboxylic acid groups (broad SMARTS) is 1. The van der Waals surface area contributed by atoms with Crippen molar-refractivity contribution in [1.82, 2.24) is 4.90 Å². The van der Waals surface area contributed by atoms with Crippen LogP contribution in [0, 0.1) is 11.7 Å². The predicted molar refractivity (Wildman–Crippen MR) is 63.0 cm³/mol. The highest BCUT2D eigenvalue weighted by atomic mass is 19.4. The third-order valence-electron chi connectivity index (χ3n) is 3.34. The van der Waals surface area contributed by atoms with Crippen molar-refractivity contribution in [3.8, 4) is 0 Å². The van der Waals surface area contributed by atoms with Crippen LogP contribution in [0.25, 0.3) is 0 Å². The molecule has 0 radical (unpaired) electrons. The van der Waals surface area contributed by atoms with Crippen molar-refractivity contribution in [1.29, 1.82) is 0 Å². The van der Waals surface area contributed by atoms with Gasteiger partial charge in [0.2, 0.25) is 0 Å². The SMILES string of the molecule is O=C(O)[C@@H]1CCN(C(=O)c2ccc(F)cc2C(F)(F)F)C1. The number of hydrogen-bond acceptors (Lipinski definition) is 2. The lowest BCUT2D eigenvalue weighted by Gasteiger charge is -2.19. The fourth-order valence-corrected chi connectivity index (χ4v) is 2.25. The van der Waals surface area contributed by atoms with E-state index < -0.39 is 40.9 Å². The zero-order valence-corrected chi connectivity index (χ0v) is 10.7. The maximum absolute atomic E-state index is 13.0. The van der Waals surface area contributed by atoms with Crippen molar-refractivity contribution >= 4 is 11.9 Å². The molecule has 1 saturated heterocycles. The van der Waals surface area contributed by atoms with Gasteiger partial charge >= 0.3 is 12.1 Å². The average molecular weight is 305 g/mol. The highest BCUT2D eigenvalue weighted by molar-refractivity contribution is 5.96. The molecule has 1 aliphatic heterocycles. The second kappa shape index (κ2) is 5.34. The number of rotatable bonds is 2. The summed E-state index contributed by atoms with van der Waals surface area (Å²) in [6, 6.07) is 1.81. The molecular formula is C13H11F4NO3. The molecule has 1 aromatic rings. The highest BCUT2D eigenvalue weighted by Crippen LogP contribution is 2.33. The lowest BCUT2D eigenvalue weighted by molar-refractivity contribution is -0.141. The van der Waals surface area contributed by atoms with Gasteiger partial charge in [-0.05, 0) is 24.6 Å². The quantitative estimate of drug-likeness (QED) is 0.854. The van der Waals surface area contributed by atoms with E-state index in [1.54, 1.807) is 0 Å². The molecule has 114 valence electrons. The molecule has 1 atom stereocenters. The molecule has 2 rings (SSSR count). The summed E-state index contributed by atoms with van der Waals surface area (Å²) in [5.41, 5.74) is -2.03. The predicted octanol–water partition coefficient (Wildman–Crippen LogP) is 2.39. The van der Waals surface area contributed by atoms with E-state index in [0.29, 0.717) is 0 Å². The van der Waals surface area contributed by atoms with Crippen molar-refractivity contribution in [2.45, 2.75) is 12.6 Å². The lowest BCUT2D eigenvalue weighted by Crippen LogP contribution is -2.31. The van der Waals surface area contributed by atoms with Crippen LogP contribution in [0.5, 0.6) is 0 Å². The van der Waals surface area contributed by atoms with E-state index in [2.05, 4.69) is 0 Å². The molecule has 1 heterocycles. The minimum Gasteiger partial charge on any atom is -0.481 e. The third kappa shape index (κ3) is 3.14. The Bertz CT molecular complexity index is 585. The number of benzene rings is 1. The summed E-state index contributed by atoms with van der Waals surface area (Å²) in [6.45, 7) is -0.0900. The maximum Gasteiger partial charge on any atom is 0.417 e. The number of aliphatic carboxylic acids is 1. The topological polar surface area (TPSA) is 57.6 Å².